The summed E-state index contributed by atoms with van der Waals surface area (Å²) in [4.78, 5) is 32.9. The molecular formula is C11H21N3O4. The van der Waals surface area contributed by atoms with Crippen LogP contribution in [-0.2, 0) is 14.4 Å². The van der Waals surface area contributed by atoms with Crippen LogP contribution in [0.1, 0.15) is 39.0 Å². The fourth-order valence-corrected chi connectivity index (χ4v) is 1.51. The number of carboxylic acid groups (broad SMARTS) is 1. The van der Waals surface area contributed by atoms with E-state index in [4.69, 9.17) is 16.6 Å². The van der Waals surface area contributed by atoms with Gasteiger partial charge in [0, 0.05) is 18.9 Å². The summed E-state index contributed by atoms with van der Waals surface area (Å²) >= 11 is 0. The second kappa shape index (κ2) is 8.46. The lowest BCUT2D eigenvalue weighted by Crippen LogP contribution is -2.43. The van der Waals surface area contributed by atoms with Crippen LogP contribution >= 0.6 is 0 Å². The maximum absolute atomic E-state index is 11.5. The van der Waals surface area contributed by atoms with E-state index >= 15 is 0 Å². The van der Waals surface area contributed by atoms with Gasteiger partial charge in [-0.05, 0) is 12.8 Å². The van der Waals surface area contributed by atoms with E-state index in [0.717, 1.165) is 6.42 Å². The molecule has 104 valence electrons. The van der Waals surface area contributed by atoms with Gasteiger partial charge in [-0.25, -0.2) is 4.79 Å². The molecule has 18 heavy (non-hydrogen) atoms. The maximum Gasteiger partial charge on any atom is 0.326 e. The number of carbonyl (C=O) groups is 3. The van der Waals surface area contributed by atoms with Crippen LogP contribution < -0.4 is 16.8 Å². The van der Waals surface area contributed by atoms with Crippen LogP contribution in [0.25, 0.3) is 0 Å². The van der Waals surface area contributed by atoms with Crippen molar-refractivity contribution >= 4 is 17.8 Å². The Labute approximate surface area is 106 Å². The Kier molecular flexibility index (Phi) is 7.69. The largest absolute Gasteiger partial charge is 0.480 e. The molecule has 0 aromatic rings. The van der Waals surface area contributed by atoms with E-state index in [2.05, 4.69) is 5.32 Å². The average molecular weight is 259 g/mol. The molecule has 0 radical (unpaired) electrons. The van der Waals surface area contributed by atoms with Crippen molar-refractivity contribution in [3.63, 3.8) is 0 Å². The first-order chi connectivity index (χ1) is 8.36. The molecule has 0 saturated heterocycles. The first-order valence-corrected chi connectivity index (χ1v) is 5.92. The van der Waals surface area contributed by atoms with Gasteiger partial charge in [-0.15, -0.1) is 0 Å². The lowest BCUT2D eigenvalue weighted by atomic mass is 10.1. The van der Waals surface area contributed by atoms with Crippen LogP contribution in [0.15, 0.2) is 0 Å². The fraction of sp³-hybridized carbons (Fsp3) is 0.727. The minimum absolute atomic E-state index is 0.0145. The highest BCUT2D eigenvalue weighted by Gasteiger charge is 2.21. The molecule has 0 fully saturated rings. The Bertz CT molecular complexity index is 307. The van der Waals surface area contributed by atoms with E-state index in [0.29, 0.717) is 6.42 Å². The van der Waals surface area contributed by atoms with Gasteiger partial charge in [0.2, 0.25) is 11.8 Å². The van der Waals surface area contributed by atoms with Crippen molar-refractivity contribution in [1.29, 1.82) is 0 Å². The number of hydrogen-bond acceptors (Lipinski definition) is 4. The summed E-state index contributed by atoms with van der Waals surface area (Å²) in [5.41, 5.74) is 10.6. The summed E-state index contributed by atoms with van der Waals surface area (Å²) in [5.74, 6) is -2.21. The molecule has 2 atom stereocenters. The highest BCUT2D eigenvalue weighted by Crippen LogP contribution is 2.01. The summed E-state index contributed by atoms with van der Waals surface area (Å²) in [7, 11) is 0. The molecule has 0 aromatic heterocycles. The van der Waals surface area contributed by atoms with Gasteiger partial charge in [0.15, 0.2) is 0 Å². The molecule has 0 aliphatic rings. The third-order valence-electron chi connectivity index (χ3n) is 2.42. The molecule has 0 aliphatic heterocycles. The standard InChI is InChI=1S/C11H21N3O4/c1-2-3-7(12)6-10(16)14-8(11(17)18)4-5-9(13)15/h7-8H,2-6,12H2,1H3,(H2,13,15)(H,14,16)(H,17,18)/t7?,8-/m1/s1. The number of aliphatic carboxylic acids is 1. The van der Waals surface area contributed by atoms with E-state index in [1.807, 2.05) is 6.92 Å². The Morgan fingerprint density at radius 1 is 1.28 bits per heavy atom. The highest BCUT2D eigenvalue weighted by molar-refractivity contribution is 5.84. The van der Waals surface area contributed by atoms with Gasteiger partial charge in [0.05, 0.1) is 0 Å². The number of carboxylic acids is 1. The second-order valence-electron chi connectivity index (χ2n) is 4.22. The fourth-order valence-electron chi connectivity index (χ4n) is 1.51. The summed E-state index contributed by atoms with van der Waals surface area (Å²) in [6, 6.07) is -1.38. The third-order valence-corrected chi connectivity index (χ3v) is 2.42. The van der Waals surface area contributed by atoms with Crippen LogP contribution in [0, 0.1) is 0 Å². The van der Waals surface area contributed by atoms with Gasteiger partial charge in [-0.2, -0.15) is 0 Å². The Hall–Kier alpha value is -1.63. The summed E-state index contributed by atoms with van der Waals surface area (Å²) in [6.07, 6.45) is 1.54. The highest BCUT2D eigenvalue weighted by atomic mass is 16.4. The monoisotopic (exact) mass is 259 g/mol. The average Bonchev–Trinajstić information content (AvgIpc) is 2.23. The third kappa shape index (κ3) is 7.61. The van der Waals surface area contributed by atoms with Crippen molar-refractivity contribution in [3.05, 3.63) is 0 Å². The molecule has 0 aromatic carbocycles. The van der Waals surface area contributed by atoms with Crippen LogP contribution in [0.5, 0.6) is 0 Å². The van der Waals surface area contributed by atoms with Gasteiger partial charge in [0.25, 0.3) is 0 Å². The summed E-state index contributed by atoms with van der Waals surface area (Å²) in [6.45, 7) is 1.95. The van der Waals surface area contributed by atoms with Crippen molar-refractivity contribution in [1.82, 2.24) is 5.32 Å². The number of carbonyl (C=O) groups excluding carboxylic acids is 2. The Morgan fingerprint density at radius 2 is 1.89 bits per heavy atom. The quantitative estimate of drug-likeness (QED) is 0.436. The SMILES string of the molecule is CCCC(N)CC(=O)N[C@H](CCC(N)=O)C(=O)O. The van der Waals surface area contributed by atoms with Crippen molar-refractivity contribution in [2.24, 2.45) is 11.5 Å². The Balaban J connectivity index is 4.19. The van der Waals surface area contributed by atoms with E-state index < -0.39 is 23.8 Å². The normalized spacial score (nSPS) is 13.7. The lowest BCUT2D eigenvalue weighted by molar-refractivity contribution is -0.142. The van der Waals surface area contributed by atoms with Crippen molar-refractivity contribution < 1.29 is 19.5 Å². The molecule has 1 unspecified atom stereocenters. The number of amides is 2. The first-order valence-electron chi connectivity index (χ1n) is 5.92. The van der Waals surface area contributed by atoms with E-state index in [-0.39, 0.29) is 25.3 Å². The molecule has 0 bridgehead atoms. The number of nitrogens with one attached hydrogen (secondary N) is 1. The number of primary amides is 1. The van der Waals surface area contributed by atoms with E-state index in [9.17, 15) is 14.4 Å². The molecule has 0 heterocycles. The summed E-state index contributed by atoms with van der Waals surface area (Å²) < 4.78 is 0. The number of rotatable bonds is 9. The predicted molar refractivity (Wildman–Crippen MR) is 65.5 cm³/mol. The molecule has 0 spiro atoms. The lowest BCUT2D eigenvalue weighted by Gasteiger charge is -2.15. The minimum atomic E-state index is -1.19. The van der Waals surface area contributed by atoms with E-state index in [1.54, 1.807) is 0 Å². The summed E-state index contributed by atoms with van der Waals surface area (Å²) in [5, 5.41) is 11.2. The molecule has 2 amide bonds. The minimum Gasteiger partial charge on any atom is -0.480 e. The van der Waals surface area contributed by atoms with Crippen LogP contribution in [0.3, 0.4) is 0 Å². The van der Waals surface area contributed by atoms with Crippen molar-refractivity contribution in [3.8, 4) is 0 Å². The van der Waals surface area contributed by atoms with E-state index in [1.165, 1.54) is 0 Å². The molecule has 6 N–H and O–H groups in total. The number of nitrogens with two attached hydrogens (primary N) is 2. The molecule has 7 nitrogen and oxygen atoms in total. The first kappa shape index (κ1) is 16.4. The van der Waals surface area contributed by atoms with Crippen molar-refractivity contribution in [2.45, 2.75) is 51.1 Å². The van der Waals surface area contributed by atoms with Gasteiger partial charge >= 0.3 is 5.97 Å². The van der Waals surface area contributed by atoms with Crippen LogP contribution in [0.4, 0.5) is 0 Å². The molecule has 7 heteroatoms. The van der Waals surface area contributed by atoms with Gasteiger partial charge in [-0.3, -0.25) is 9.59 Å². The van der Waals surface area contributed by atoms with Gasteiger partial charge in [-0.1, -0.05) is 13.3 Å². The number of hydrogen-bond donors (Lipinski definition) is 4. The van der Waals surface area contributed by atoms with Gasteiger partial charge < -0.3 is 21.9 Å². The molecule has 0 rings (SSSR count). The van der Waals surface area contributed by atoms with Crippen LogP contribution in [0.2, 0.25) is 0 Å². The predicted octanol–water partition coefficient (Wildman–Crippen LogP) is -0.661. The smallest absolute Gasteiger partial charge is 0.326 e. The molecular weight excluding hydrogens is 238 g/mol. The van der Waals surface area contributed by atoms with Crippen LogP contribution in [-0.4, -0.2) is 35.0 Å². The zero-order valence-corrected chi connectivity index (χ0v) is 10.5. The molecule has 0 saturated carbocycles. The van der Waals surface area contributed by atoms with Crippen molar-refractivity contribution in [2.75, 3.05) is 0 Å². The molecule has 0 aliphatic carbocycles. The zero-order chi connectivity index (χ0) is 14.1. The Morgan fingerprint density at radius 3 is 2.33 bits per heavy atom. The zero-order valence-electron chi connectivity index (χ0n) is 10.5. The maximum atomic E-state index is 11.5. The second-order valence-corrected chi connectivity index (χ2v) is 4.22. The van der Waals surface area contributed by atoms with Gasteiger partial charge in [0.1, 0.15) is 6.04 Å². The topological polar surface area (TPSA) is 136 Å².